The van der Waals surface area contributed by atoms with Crippen LogP contribution in [0.3, 0.4) is 0 Å². The third-order valence-electron chi connectivity index (χ3n) is 11.6. The van der Waals surface area contributed by atoms with Crippen molar-refractivity contribution in [1.29, 1.82) is 0 Å². The molecule has 2 bridgehead atoms. The van der Waals surface area contributed by atoms with Crippen LogP contribution >= 0.6 is 11.6 Å². The summed E-state index contributed by atoms with van der Waals surface area (Å²) in [6.45, 7) is 5.27. The predicted octanol–water partition coefficient (Wildman–Crippen LogP) is 8.66. The molecule has 7 nitrogen and oxygen atoms in total. The molecular formula is C42H50ClFN2O5. The number of halogens is 2. The van der Waals surface area contributed by atoms with Crippen LogP contribution < -0.4 is 5.32 Å². The number of carbonyl (C=O) groups is 2. The van der Waals surface area contributed by atoms with Crippen LogP contribution in [0.1, 0.15) is 98.2 Å². The molecular weight excluding hydrogens is 667 g/mol. The molecule has 5 atom stereocenters. The van der Waals surface area contributed by atoms with Crippen molar-refractivity contribution < 1.29 is 28.9 Å². The Morgan fingerprint density at radius 3 is 2.61 bits per heavy atom. The number of carbonyl (C=O) groups excluding carboxylic acids is 2. The number of aliphatic hydroxyl groups is 2. The summed E-state index contributed by atoms with van der Waals surface area (Å²) >= 11 is 6.38. The van der Waals surface area contributed by atoms with E-state index in [1.807, 2.05) is 48.5 Å². The van der Waals surface area contributed by atoms with E-state index in [0.717, 1.165) is 30.4 Å². The topological polar surface area (TPSA) is 99.1 Å². The average Bonchev–Trinajstić information content (AvgIpc) is 3.71. The van der Waals surface area contributed by atoms with Crippen molar-refractivity contribution in [2.75, 3.05) is 25.0 Å². The van der Waals surface area contributed by atoms with Gasteiger partial charge in [-0.05, 0) is 112 Å². The molecule has 0 radical (unpaired) electrons. The van der Waals surface area contributed by atoms with Gasteiger partial charge in [-0.2, -0.15) is 0 Å². The summed E-state index contributed by atoms with van der Waals surface area (Å²) in [4.78, 5) is 29.9. The summed E-state index contributed by atoms with van der Waals surface area (Å²) in [6.07, 6.45) is 7.05. The number of fused-ring (bicyclic) bond motifs is 8. The molecule has 0 spiro atoms. The van der Waals surface area contributed by atoms with E-state index >= 15 is 0 Å². The lowest BCUT2D eigenvalue weighted by atomic mass is 9.64. The van der Waals surface area contributed by atoms with E-state index in [-0.39, 0.29) is 47.4 Å². The first-order valence-corrected chi connectivity index (χ1v) is 18.7. The molecule has 3 aliphatic carbocycles. The summed E-state index contributed by atoms with van der Waals surface area (Å²) in [5, 5.41) is 27.1. The second kappa shape index (κ2) is 16.0. The fourth-order valence-electron chi connectivity index (χ4n) is 8.49. The lowest BCUT2D eigenvalue weighted by Gasteiger charge is -2.46. The quantitative estimate of drug-likeness (QED) is 0.160. The zero-order chi connectivity index (χ0) is 36.2. The van der Waals surface area contributed by atoms with Gasteiger partial charge in [-0.15, -0.1) is 0 Å². The minimum Gasteiger partial charge on any atom is -0.393 e. The molecule has 9 heteroatoms. The molecule has 1 aliphatic heterocycles. The maximum atomic E-state index is 14.9. The zero-order valence-electron chi connectivity index (χ0n) is 29.7. The van der Waals surface area contributed by atoms with E-state index in [2.05, 4.69) is 25.2 Å². The van der Waals surface area contributed by atoms with E-state index in [1.165, 1.54) is 17.7 Å². The standard InChI is InChI=1S/C42H50ClFN2O5/c1-28-9-7-20-41(2)36(19-21-42(41,50)27-46(26-32-12-8-22-51-32)40(49)45-30-10-4-3-5-11-30)33-18-16-29(23-31(47)17-15-28)24-34(33)39(48)25-35-37(43)13-6-14-38(35)44/h3-6,9-11,13-14,16,18,24,31-32,36,47,50H,7-8,12,15,17,19-23,25-27H2,1-2H3,(H,45,49)/t31-,32+,36-,41-,42+/m0/s1. The van der Waals surface area contributed by atoms with Crippen molar-refractivity contribution in [2.45, 2.75) is 102 Å². The fraction of sp³-hybridized carbons (Fsp3) is 0.476. The molecule has 1 heterocycles. The third-order valence-corrected chi connectivity index (χ3v) is 11.9. The van der Waals surface area contributed by atoms with Crippen LogP contribution in [-0.2, 0) is 17.6 Å². The van der Waals surface area contributed by atoms with E-state index in [4.69, 9.17) is 16.3 Å². The molecule has 2 fully saturated rings. The first-order valence-electron chi connectivity index (χ1n) is 18.3. The Morgan fingerprint density at radius 1 is 1.06 bits per heavy atom. The summed E-state index contributed by atoms with van der Waals surface area (Å²) < 4.78 is 20.9. The Balaban J connectivity index is 1.39. The van der Waals surface area contributed by atoms with Crippen LogP contribution in [0, 0.1) is 11.2 Å². The molecule has 3 aromatic rings. The van der Waals surface area contributed by atoms with E-state index < -0.39 is 22.9 Å². The van der Waals surface area contributed by atoms with Gasteiger partial charge in [0, 0.05) is 46.8 Å². The maximum Gasteiger partial charge on any atom is 0.322 e. The number of allylic oxidation sites excluding steroid dienone is 2. The Labute approximate surface area is 305 Å². The van der Waals surface area contributed by atoms with Crippen LogP contribution in [0.15, 0.2) is 78.4 Å². The molecule has 1 saturated carbocycles. The monoisotopic (exact) mass is 716 g/mol. The van der Waals surface area contributed by atoms with Crippen molar-refractivity contribution in [3.8, 4) is 0 Å². The van der Waals surface area contributed by atoms with E-state index in [9.17, 15) is 24.2 Å². The number of amides is 2. The number of rotatable bonds is 8. The predicted molar refractivity (Wildman–Crippen MR) is 199 cm³/mol. The molecule has 7 rings (SSSR count). The first kappa shape index (κ1) is 37.2. The number of nitrogens with one attached hydrogen (secondary N) is 1. The number of urea groups is 1. The van der Waals surface area contributed by atoms with Gasteiger partial charge < -0.3 is 25.2 Å². The Morgan fingerprint density at radius 2 is 1.86 bits per heavy atom. The molecule has 0 aromatic heterocycles. The third kappa shape index (κ3) is 8.41. The van der Waals surface area contributed by atoms with Gasteiger partial charge in [0.15, 0.2) is 5.78 Å². The number of benzene rings is 3. The number of anilines is 1. The van der Waals surface area contributed by atoms with Crippen LogP contribution in [0.2, 0.25) is 5.02 Å². The molecule has 3 aromatic carbocycles. The van der Waals surface area contributed by atoms with Crippen LogP contribution in [0.25, 0.3) is 0 Å². The second-order valence-electron chi connectivity index (χ2n) is 15.1. The largest absolute Gasteiger partial charge is 0.393 e. The van der Waals surface area contributed by atoms with E-state index in [1.54, 1.807) is 11.0 Å². The highest BCUT2D eigenvalue weighted by molar-refractivity contribution is 6.31. The van der Waals surface area contributed by atoms with Gasteiger partial charge in [0.2, 0.25) is 0 Å². The highest BCUT2D eigenvalue weighted by Crippen LogP contribution is 2.59. The van der Waals surface area contributed by atoms with Gasteiger partial charge in [0.25, 0.3) is 0 Å². The summed E-state index contributed by atoms with van der Waals surface area (Å²) in [7, 11) is 0. The number of hydrogen-bond donors (Lipinski definition) is 3. The summed E-state index contributed by atoms with van der Waals surface area (Å²) in [5.41, 5.74) is 2.03. The zero-order valence-corrected chi connectivity index (χ0v) is 30.4. The van der Waals surface area contributed by atoms with Crippen molar-refractivity contribution in [2.24, 2.45) is 5.41 Å². The molecule has 4 aliphatic rings. The van der Waals surface area contributed by atoms with Crippen molar-refractivity contribution in [3.05, 3.63) is 111 Å². The lowest BCUT2D eigenvalue weighted by Crippen LogP contribution is -2.55. The average molecular weight is 717 g/mol. The van der Waals surface area contributed by atoms with Gasteiger partial charge in [0.1, 0.15) is 5.82 Å². The Hall–Kier alpha value is -3.56. The van der Waals surface area contributed by atoms with Gasteiger partial charge in [0.05, 0.1) is 24.4 Å². The van der Waals surface area contributed by atoms with Gasteiger partial charge in [-0.1, -0.05) is 66.6 Å². The Bertz CT molecular complexity index is 1720. The molecule has 3 N–H and O–H groups in total. The second-order valence-corrected chi connectivity index (χ2v) is 15.5. The van der Waals surface area contributed by atoms with Crippen molar-refractivity contribution in [1.82, 2.24) is 4.90 Å². The van der Waals surface area contributed by atoms with Crippen LogP contribution in [-0.4, -0.2) is 64.4 Å². The van der Waals surface area contributed by atoms with Gasteiger partial charge in [-0.25, -0.2) is 9.18 Å². The highest BCUT2D eigenvalue weighted by atomic mass is 35.5. The van der Waals surface area contributed by atoms with E-state index in [0.29, 0.717) is 62.9 Å². The molecule has 1 saturated heterocycles. The summed E-state index contributed by atoms with van der Waals surface area (Å²) in [5.74, 6) is -1.04. The highest BCUT2D eigenvalue weighted by Gasteiger charge is 2.57. The molecule has 0 unspecified atom stereocenters. The van der Waals surface area contributed by atoms with Crippen LogP contribution in [0.4, 0.5) is 14.9 Å². The number of ketones is 1. The summed E-state index contributed by atoms with van der Waals surface area (Å²) in [6, 6.07) is 19.2. The normalized spacial score (nSPS) is 26.6. The fourth-order valence-corrected chi connectivity index (χ4v) is 8.72. The first-order chi connectivity index (χ1) is 24.5. The molecule has 272 valence electrons. The number of nitrogens with zero attached hydrogens (tertiary/aromatic N) is 1. The van der Waals surface area contributed by atoms with Gasteiger partial charge >= 0.3 is 6.03 Å². The van der Waals surface area contributed by atoms with Crippen LogP contribution in [0.5, 0.6) is 0 Å². The van der Waals surface area contributed by atoms with Crippen molar-refractivity contribution >= 4 is 29.1 Å². The minimum absolute atomic E-state index is 0.0968. The smallest absolute Gasteiger partial charge is 0.322 e. The number of aliphatic hydroxyl groups excluding tert-OH is 1. The number of Topliss-reactive ketones (excluding diaryl/α,β-unsaturated/α-hetero) is 1. The number of hydrogen-bond acceptors (Lipinski definition) is 5. The molecule has 51 heavy (non-hydrogen) atoms. The minimum atomic E-state index is -1.30. The Kier molecular flexibility index (Phi) is 11.7. The number of ether oxygens (including phenoxy) is 1. The SMILES string of the molecule is CC1=CCC[C@@]2(C)[C@@H](CC[C@@]2(O)CN(C[C@H]2CCCO2)C(=O)Nc2ccccc2)c2ccc(cc2C(=O)Cc2c(F)cccc2Cl)C[C@@H](O)CC1. The molecule has 2 amide bonds. The van der Waals surface area contributed by atoms with Crippen molar-refractivity contribution in [3.63, 3.8) is 0 Å². The maximum absolute atomic E-state index is 14.9. The lowest BCUT2D eigenvalue weighted by molar-refractivity contribution is -0.0800. The number of para-hydroxylation sites is 1. The van der Waals surface area contributed by atoms with Gasteiger partial charge in [-0.3, -0.25) is 4.79 Å².